The third kappa shape index (κ3) is 4.74. The fraction of sp³-hybridized carbons (Fsp3) is 0.318. The highest BCUT2D eigenvalue weighted by Crippen LogP contribution is 2.36. The third-order valence-electron chi connectivity index (χ3n) is 5.61. The van der Waals surface area contributed by atoms with Gasteiger partial charge in [0.1, 0.15) is 6.33 Å². The van der Waals surface area contributed by atoms with Crippen molar-refractivity contribution in [2.75, 3.05) is 11.9 Å². The minimum atomic E-state index is -4.63. The second-order valence-corrected chi connectivity index (χ2v) is 8.40. The van der Waals surface area contributed by atoms with E-state index in [4.69, 9.17) is 11.6 Å². The van der Waals surface area contributed by atoms with Gasteiger partial charge in [-0.25, -0.2) is 9.97 Å². The molecule has 1 saturated carbocycles. The van der Waals surface area contributed by atoms with Crippen LogP contribution in [0.5, 0.6) is 0 Å². The van der Waals surface area contributed by atoms with Crippen molar-refractivity contribution in [3.63, 3.8) is 0 Å². The zero-order valence-corrected chi connectivity index (χ0v) is 19.0. The lowest BCUT2D eigenvalue weighted by molar-refractivity contribution is -0.137. The Balaban J connectivity index is 1.62. The molecular formula is C22H20ClF3N6O2. The molecule has 0 bridgehead atoms. The Labute approximate surface area is 198 Å². The zero-order chi connectivity index (χ0) is 24.6. The lowest BCUT2D eigenvalue weighted by Gasteiger charge is -2.25. The van der Waals surface area contributed by atoms with Gasteiger partial charge in [0, 0.05) is 30.0 Å². The molecule has 2 amide bonds. The van der Waals surface area contributed by atoms with E-state index >= 15 is 0 Å². The molecule has 4 rings (SSSR count). The Hall–Kier alpha value is -3.47. The number of pyridine rings is 1. The summed E-state index contributed by atoms with van der Waals surface area (Å²) in [5, 5.41) is 3.98. The van der Waals surface area contributed by atoms with E-state index in [1.807, 2.05) is 0 Å². The summed E-state index contributed by atoms with van der Waals surface area (Å²) in [6.07, 6.45) is 0.412. The van der Waals surface area contributed by atoms with Crippen LogP contribution in [0, 0.1) is 0 Å². The number of anilines is 1. The van der Waals surface area contributed by atoms with Crippen LogP contribution in [-0.4, -0.2) is 50.1 Å². The first-order valence-corrected chi connectivity index (χ1v) is 10.7. The number of benzene rings is 1. The quantitative estimate of drug-likeness (QED) is 0.459. The predicted octanol–water partition coefficient (Wildman–Crippen LogP) is 4.29. The van der Waals surface area contributed by atoms with Gasteiger partial charge in [0.05, 0.1) is 17.2 Å². The van der Waals surface area contributed by atoms with Crippen LogP contribution < -0.4 is 4.90 Å². The molecule has 0 spiro atoms. The van der Waals surface area contributed by atoms with Gasteiger partial charge < -0.3 is 9.80 Å². The van der Waals surface area contributed by atoms with E-state index in [9.17, 15) is 22.8 Å². The second kappa shape index (κ2) is 9.05. The first kappa shape index (κ1) is 23.7. The van der Waals surface area contributed by atoms with Crippen molar-refractivity contribution >= 4 is 29.6 Å². The van der Waals surface area contributed by atoms with E-state index < -0.39 is 17.8 Å². The highest BCUT2D eigenvalue weighted by Gasteiger charge is 2.33. The van der Waals surface area contributed by atoms with Crippen molar-refractivity contribution < 1.29 is 22.8 Å². The van der Waals surface area contributed by atoms with Crippen LogP contribution >= 0.6 is 11.6 Å². The van der Waals surface area contributed by atoms with Gasteiger partial charge in [-0.15, -0.1) is 0 Å². The minimum absolute atomic E-state index is 0.0473. The van der Waals surface area contributed by atoms with Crippen molar-refractivity contribution in [3.8, 4) is 5.82 Å². The number of amides is 2. The van der Waals surface area contributed by atoms with Crippen LogP contribution in [0.15, 0.2) is 42.9 Å². The van der Waals surface area contributed by atoms with Gasteiger partial charge in [0.25, 0.3) is 5.91 Å². The number of hydrogen-bond acceptors (Lipinski definition) is 5. The third-order valence-corrected chi connectivity index (χ3v) is 5.83. The lowest BCUT2D eigenvalue weighted by Crippen LogP contribution is -2.29. The van der Waals surface area contributed by atoms with Crippen molar-refractivity contribution in [1.29, 1.82) is 0 Å². The van der Waals surface area contributed by atoms with Crippen LogP contribution in [0.1, 0.15) is 47.6 Å². The molecule has 8 nitrogen and oxygen atoms in total. The van der Waals surface area contributed by atoms with Gasteiger partial charge in [0.15, 0.2) is 11.6 Å². The van der Waals surface area contributed by atoms with E-state index in [0.717, 1.165) is 29.9 Å². The monoisotopic (exact) mass is 492 g/mol. The van der Waals surface area contributed by atoms with Gasteiger partial charge in [-0.3, -0.25) is 9.59 Å². The van der Waals surface area contributed by atoms with Gasteiger partial charge >= 0.3 is 6.18 Å². The summed E-state index contributed by atoms with van der Waals surface area (Å²) in [4.78, 5) is 35.7. The fourth-order valence-corrected chi connectivity index (χ4v) is 3.80. The summed E-state index contributed by atoms with van der Waals surface area (Å²) in [6.45, 7) is 1.59. The average molecular weight is 493 g/mol. The molecule has 178 valence electrons. The summed E-state index contributed by atoms with van der Waals surface area (Å²) in [5.74, 6) is 0.447. The molecule has 1 aromatic carbocycles. The maximum atomic E-state index is 13.2. The first-order chi connectivity index (χ1) is 16.1. The maximum Gasteiger partial charge on any atom is 0.416 e. The Bertz CT molecular complexity index is 1210. The lowest BCUT2D eigenvalue weighted by atomic mass is 10.1. The van der Waals surface area contributed by atoms with E-state index in [2.05, 4.69) is 15.1 Å². The van der Waals surface area contributed by atoms with E-state index in [0.29, 0.717) is 17.8 Å². The summed E-state index contributed by atoms with van der Waals surface area (Å²) >= 11 is 5.88. The number of hydrogen-bond donors (Lipinski definition) is 0. The largest absolute Gasteiger partial charge is 0.416 e. The molecule has 1 aliphatic carbocycles. The number of halogens is 4. The molecule has 2 heterocycles. The van der Waals surface area contributed by atoms with E-state index in [1.165, 1.54) is 23.3 Å². The van der Waals surface area contributed by atoms with Crippen LogP contribution in [-0.2, 0) is 11.0 Å². The number of aromatic nitrogens is 4. The first-order valence-electron chi connectivity index (χ1n) is 10.3. The molecule has 3 aromatic rings. The molecule has 2 aromatic heterocycles. The van der Waals surface area contributed by atoms with Crippen LogP contribution in [0.4, 0.5) is 18.9 Å². The molecule has 12 heteroatoms. The van der Waals surface area contributed by atoms with Crippen LogP contribution in [0.3, 0.4) is 0 Å². The topological polar surface area (TPSA) is 84.2 Å². The highest BCUT2D eigenvalue weighted by atomic mass is 35.5. The van der Waals surface area contributed by atoms with Crippen molar-refractivity contribution in [1.82, 2.24) is 24.6 Å². The molecular weight excluding hydrogens is 473 g/mol. The number of carbonyl (C=O) groups is 2. The Kier molecular flexibility index (Phi) is 6.30. The fourth-order valence-electron chi connectivity index (χ4n) is 3.57. The van der Waals surface area contributed by atoms with Crippen LogP contribution in [0.2, 0.25) is 5.02 Å². The molecule has 1 fully saturated rings. The van der Waals surface area contributed by atoms with Crippen LogP contribution in [0.25, 0.3) is 5.82 Å². The average Bonchev–Trinajstić information content (AvgIpc) is 3.54. The van der Waals surface area contributed by atoms with E-state index in [1.54, 1.807) is 31.0 Å². The Morgan fingerprint density at radius 3 is 2.56 bits per heavy atom. The van der Waals surface area contributed by atoms with Crippen molar-refractivity contribution in [2.24, 2.45) is 0 Å². The number of rotatable bonds is 7. The summed E-state index contributed by atoms with van der Waals surface area (Å²) in [7, 11) is 1.75. The predicted molar refractivity (Wildman–Crippen MR) is 118 cm³/mol. The standard InChI is InChI=1S/C22H20ClF3N6O2/c1-13(31(12-33)18-8-15(22(24,25)26)7-16(23)9-18)20-28-11-29-32(20)19-6-3-14(10-27-19)21(34)30(2)17-4-5-17/h3,6-13,17H,4-5H2,1-2H3. The SMILES string of the molecule is CC(c1ncnn1-c1ccc(C(=O)N(C)C2CC2)cn1)N(C=O)c1cc(Cl)cc(C(F)(F)F)c1. The Morgan fingerprint density at radius 1 is 1.24 bits per heavy atom. The van der Waals surface area contributed by atoms with Gasteiger partial charge in [-0.05, 0) is 50.1 Å². The number of alkyl halides is 3. The Morgan fingerprint density at radius 2 is 1.97 bits per heavy atom. The normalized spacial score (nSPS) is 14.5. The molecule has 34 heavy (non-hydrogen) atoms. The molecule has 1 unspecified atom stereocenters. The van der Waals surface area contributed by atoms with Crippen molar-refractivity contribution in [3.05, 3.63) is 64.8 Å². The van der Waals surface area contributed by atoms with Gasteiger partial charge in [-0.2, -0.15) is 23.0 Å². The maximum absolute atomic E-state index is 13.2. The molecule has 0 saturated heterocycles. The second-order valence-electron chi connectivity index (χ2n) is 7.97. The number of carbonyl (C=O) groups excluding carboxylic acids is 2. The van der Waals surface area contributed by atoms with E-state index in [-0.39, 0.29) is 28.5 Å². The van der Waals surface area contributed by atoms with Gasteiger partial charge in [0.2, 0.25) is 6.41 Å². The summed E-state index contributed by atoms with van der Waals surface area (Å²) in [6, 6.07) is 5.53. The highest BCUT2D eigenvalue weighted by molar-refractivity contribution is 6.31. The van der Waals surface area contributed by atoms with Crippen molar-refractivity contribution in [2.45, 2.75) is 38.0 Å². The van der Waals surface area contributed by atoms with Gasteiger partial charge in [-0.1, -0.05) is 11.6 Å². The number of nitrogens with zero attached hydrogens (tertiary/aromatic N) is 6. The smallest absolute Gasteiger partial charge is 0.339 e. The molecule has 1 atom stereocenters. The molecule has 0 radical (unpaired) electrons. The minimum Gasteiger partial charge on any atom is -0.339 e. The zero-order valence-electron chi connectivity index (χ0n) is 18.2. The summed E-state index contributed by atoms with van der Waals surface area (Å²) < 4.78 is 41.1. The molecule has 1 aliphatic rings. The summed E-state index contributed by atoms with van der Waals surface area (Å²) in [5.41, 5.74) is -0.608. The molecule has 0 aliphatic heterocycles. The molecule has 0 N–H and O–H groups in total.